The molecule has 0 bridgehead atoms. The minimum Gasteiger partial charge on any atom is -0.375 e. The number of halogens is 2. The van der Waals surface area contributed by atoms with Crippen molar-refractivity contribution in [3.8, 4) is 0 Å². The van der Waals surface area contributed by atoms with Crippen molar-refractivity contribution in [1.82, 2.24) is 0 Å². The molecule has 1 heterocycles. The first-order valence-corrected chi connectivity index (χ1v) is 6.65. The van der Waals surface area contributed by atoms with E-state index in [1.54, 1.807) is 11.3 Å². The van der Waals surface area contributed by atoms with Gasteiger partial charge in [-0.25, -0.2) is 4.39 Å². The third-order valence-electron chi connectivity index (χ3n) is 2.64. The second-order valence-electron chi connectivity index (χ2n) is 3.92. The average molecular weight is 301 g/mol. The molecule has 0 fully saturated rings. The molecule has 0 aliphatic heterocycles. The highest BCUT2D eigenvalue weighted by Crippen LogP contribution is 2.31. The lowest BCUT2D eigenvalue weighted by Crippen LogP contribution is -2.03. The smallest absolute Gasteiger partial charge is 0.295 e. The van der Waals surface area contributed by atoms with Gasteiger partial charge in [0.25, 0.3) is 5.69 Å². The van der Waals surface area contributed by atoms with Crippen molar-refractivity contribution < 1.29 is 9.31 Å². The van der Waals surface area contributed by atoms with E-state index in [0.29, 0.717) is 6.54 Å². The summed E-state index contributed by atoms with van der Waals surface area (Å²) in [7, 11) is 0. The average Bonchev–Trinajstić information content (AvgIpc) is 2.75. The fraction of sp³-hybridized carbons (Fsp3) is 0.167. The van der Waals surface area contributed by atoms with Gasteiger partial charge in [0.2, 0.25) is 0 Å². The molecule has 4 nitrogen and oxygen atoms in total. The molecule has 1 aromatic carbocycles. The number of anilines is 1. The number of hydrogen-bond acceptors (Lipinski definition) is 4. The van der Waals surface area contributed by atoms with Crippen LogP contribution in [-0.4, -0.2) is 4.92 Å². The predicted molar refractivity (Wildman–Crippen MR) is 74.4 cm³/mol. The molecule has 0 aliphatic carbocycles. The molecule has 0 aliphatic rings. The Bertz CT molecular complexity index is 630. The second kappa shape index (κ2) is 5.54. The molecule has 1 aromatic heterocycles. The lowest BCUT2D eigenvalue weighted by molar-refractivity contribution is -0.384. The number of aryl methyl sites for hydroxylation is 1. The third kappa shape index (κ3) is 3.02. The lowest BCUT2D eigenvalue weighted by Gasteiger charge is -2.07. The molecule has 0 saturated carbocycles. The fourth-order valence-corrected chi connectivity index (χ4v) is 2.60. The van der Waals surface area contributed by atoms with Crippen LogP contribution in [0, 0.1) is 22.9 Å². The Morgan fingerprint density at radius 3 is 2.84 bits per heavy atom. The minimum atomic E-state index is -0.800. The summed E-state index contributed by atoms with van der Waals surface area (Å²) in [5.74, 6) is -0.800. The summed E-state index contributed by atoms with van der Waals surface area (Å²) in [6.45, 7) is 2.39. The summed E-state index contributed by atoms with van der Waals surface area (Å²) in [5.41, 5.74) is 0.994. The maximum atomic E-state index is 13.2. The van der Waals surface area contributed by atoms with Crippen LogP contribution in [0.4, 0.5) is 15.8 Å². The number of nitrogens with one attached hydrogen (secondary N) is 1. The lowest BCUT2D eigenvalue weighted by atomic mass is 10.2. The Labute approximate surface area is 118 Å². The van der Waals surface area contributed by atoms with Gasteiger partial charge in [-0.15, -0.1) is 11.3 Å². The van der Waals surface area contributed by atoms with Gasteiger partial charge in [-0.05, 0) is 30.0 Å². The summed E-state index contributed by atoms with van der Waals surface area (Å²) in [6.07, 6.45) is 0. The maximum Gasteiger partial charge on any atom is 0.295 e. The number of nitro groups is 1. The Balaban J connectivity index is 2.26. The number of nitro benzene ring substituents is 1. The van der Waals surface area contributed by atoms with Gasteiger partial charge in [0, 0.05) is 11.4 Å². The zero-order valence-corrected chi connectivity index (χ0v) is 11.5. The number of benzene rings is 1. The summed E-state index contributed by atoms with van der Waals surface area (Å²) in [4.78, 5) is 11.3. The van der Waals surface area contributed by atoms with E-state index in [-0.39, 0.29) is 16.4 Å². The van der Waals surface area contributed by atoms with E-state index in [0.717, 1.165) is 16.5 Å². The Kier molecular flexibility index (Phi) is 4.01. The van der Waals surface area contributed by atoms with Gasteiger partial charge in [-0.3, -0.25) is 10.1 Å². The summed E-state index contributed by atoms with van der Waals surface area (Å²) >= 11 is 7.20. The molecule has 2 aromatic rings. The first-order chi connectivity index (χ1) is 8.99. The third-order valence-corrected chi connectivity index (χ3v) is 3.96. The second-order valence-corrected chi connectivity index (χ2v) is 5.33. The first kappa shape index (κ1) is 13.8. The SMILES string of the molecule is Cc1ccsc1CNc1cc(Cl)c(F)cc1[N+](=O)[O-]. The van der Waals surface area contributed by atoms with Crippen molar-refractivity contribution in [2.75, 3.05) is 5.32 Å². The van der Waals surface area contributed by atoms with Gasteiger partial charge in [0.05, 0.1) is 16.0 Å². The van der Waals surface area contributed by atoms with Crippen LogP contribution in [0.2, 0.25) is 5.02 Å². The molecule has 0 amide bonds. The number of hydrogen-bond donors (Lipinski definition) is 1. The Morgan fingerprint density at radius 2 is 2.26 bits per heavy atom. The van der Waals surface area contributed by atoms with Gasteiger partial charge in [0.15, 0.2) is 0 Å². The standard InChI is InChI=1S/C12H10ClFN2O2S/c1-7-2-3-19-12(7)6-15-10-4-8(13)9(14)5-11(10)16(17)18/h2-5,15H,6H2,1H3. The van der Waals surface area contributed by atoms with Crippen molar-refractivity contribution in [2.24, 2.45) is 0 Å². The molecule has 0 spiro atoms. The maximum absolute atomic E-state index is 13.2. The normalized spacial score (nSPS) is 10.5. The molecule has 0 radical (unpaired) electrons. The molecule has 19 heavy (non-hydrogen) atoms. The van der Waals surface area contributed by atoms with Crippen LogP contribution in [0.1, 0.15) is 10.4 Å². The van der Waals surface area contributed by atoms with Crippen LogP contribution >= 0.6 is 22.9 Å². The minimum absolute atomic E-state index is 0.143. The van der Waals surface area contributed by atoms with Crippen LogP contribution in [0.3, 0.4) is 0 Å². The van der Waals surface area contributed by atoms with Crippen LogP contribution in [0.15, 0.2) is 23.6 Å². The fourth-order valence-electron chi connectivity index (χ4n) is 1.59. The van der Waals surface area contributed by atoms with E-state index in [1.165, 1.54) is 6.07 Å². The molecule has 0 unspecified atom stereocenters. The Hall–Kier alpha value is -1.66. The van der Waals surface area contributed by atoms with Crippen LogP contribution < -0.4 is 5.32 Å². The molecular weight excluding hydrogens is 291 g/mol. The van der Waals surface area contributed by atoms with Crippen molar-refractivity contribution in [3.63, 3.8) is 0 Å². The zero-order chi connectivity index (χ0) is 14.0. The largest absolute Gasteiger partial charge is 0.375 e. The topological polar surface area (TPSA) is 55.2 Å². The van der Waals surface area contributed by atoms with Crippen molar-refractivity contribution in [2.45, 2.75) is 13.5 Å². The summed E-state index contributed by atoms with van der Waals surface area (Å²) < 4.78 is 13.2. The predicted octanol–water partition coefficient (Wildman–Crippen LogP) is 4.37. The van der Waals surface area contributed by atoms with Crippen LogP contribution in [0.5, 0.6) is 0 Å². The van der Waals surface area contributed by atoms with Crippen molar-refractivity contribution in [1.29, 1.82) is 0 Å². The molecular formula is C12H10ClFN2O2S. The van der Waals surface area contributed by atoms with Gasteiger partial charge in [-0.2, -0.15) is 0 Å². The highest BCUT2D eigenvalue weighted by molar-refractivity contribution is 7.10. The summed E-state index contributed by atoms with van der Waals surface area (Å²) in [5, 5.41) is 15.6. The number of rotatable bonds is 4. The Morgan fingerprint density at radius 1 is 1.53 bits per heavy atom. The van der Waals surface area contributed by atoms with Gasteiger partial charge < -0.3 is 5.32 Å². The van der Waals surface area contributed by atoms with E-state index >= 15 is 0 Å². The zero-order valence-electron chi connectivity index (χ0n) is 9.94. The van der Waals surface area contributed by atoms with Crippen LogP contribution in [-0.2, 0) is 6.54 Å². The quantitative estimate of drug-likeness (QED) is 0.674. The van der Waals surface area contributed by atoms with Crippen molar-refractivity contribution in [3.05, 3.63) is 55.0 Å². The van der Waals surface area contributed by atoms with E-state index in [9.17, 15) is 14.5 Å². The summed E-state index contributed by atoms with van der Waals surface area (Å²) in [6, 6.07) is 4.03. The molecule has 0 saturated heterocycles. The molecule has 1 N–H and O–H groups in total. The highest BCUT2D eigenvalue weighted by Gasteiger charge is 2.17. The van der Waals surface area contributed by atoms with E-state index in [4.69, 9.17) is 11.6 Å². The van der Waals surface area contributed by atoms with E-state index in [1.807, 2.05) is 18.4 Å². The molecule has 7 heteroatoms. The van der Waals surface area contributed by atoms with Gasteiger partial charge in [-0.1, -0.05) is 11.6 Å². The van der Waals surface area contributed by atoms with E-state index in [2.05, 4.69) is 5.32 Å². The molecule has 2 rings (SSSR count). The first-order valence-electron chi connectivity index (χ1n) is 5.39. The molecule has 0 atom stereocenters. The van der Waals surface area contributed by atoms with Crippen LogP contribution in [0.25, 0.3) is 0 Å². The number of nitrogens with zero attached hydrogens (tertiary/aromatic N) is 1. The van der Waals surface area contributed by atoms with Gasteiger partial charge >= 0.3 is 0 Å². The number of thiophene rings is 1. The highest BCUT2D eigenvalue weighted by atomic mass is 35.5. The van der Waals surface area contributed by atoms with E-state index < -0.39 is 10.7 Å². The monoisotopic (exact) mass is 300 g/mol. The molecule has 100 valence electrons. The van der Waals surface area contributed by atoms with Crippen molar-refractivity contribution >= 4 is 34.3 Å². The van der Waals surface area contributed by atoms with Gasteiger partial charge in [0.1, 0.15) is 11.5 Å².